The highest BCUT2D eigenvalue weighted by Crippen LogP contribution is 2.38. The lowest BCUT2D eigenvalue weighted by molar-refractivity contribution is 0.0707. The maximum absolute atomic E-state index is 13.9. The lowest BCUT2D eigenvalue weighted by Crippen LogP contribution is -2.41. The zero-order valence-corrected chi connectivity index (χ0v) is 22.6. The summed E-state index contributed by atoms with van der Waals surface area (Å²) in [6.07, 6.45) is 6.86. The van der Waals surface area contributed by atoms with Crippen molar-refractivity contribution >= 4 is 12.0 Å². The Balaban J connectivity index is 1.83. The fourth-order valence-corrected chi connectivity index (χ4v) is 4.87. The number of methoxy groups -OCH3 is 3. The molecule has 6 nitrogen and oxygen atoms in total. The van der Waals surface area contributed by atoms with E-state index in [-0.39, 0.29) is 5.91 Å². The van der Waals surface area contributed by atoms with Crippen molar-refractivity contribution in [3.8, 4) is 17.2 Å². The second-order valence-corrected chi connectivity index (χ2v) is 9.64. The molecule has 2 aromatic rings. The van der Waals surface area contributed by atoms with Crippen LogP contribution in [-0.4, -0.2) is 69.8 Å². The van der Waals surface area contributed by atoms with E-state index in [1.54, 1.807) is 33.5 Å². The maximum Gasteiger partial charge on any atom is 0.254 e. The van der Waals surface area contributed by atoms with E-state index in [0.29, 0.717) is 35.3 Å². The summed E-state index contributed by atoms with van der Waals surface area (Å²) < 4.78 is 16.5. The Hall–Kier alpha value is -2.99. The zero-order chi connectivity index (χ0) is 25.9. The molecule has 1 fully saturated rings. The van der Waals surface area contributed by atoms with Crippen molar-refractivity contribution in [1.82, 2.24) is 9.80 Å². The van der Waals surface area contributed by atoms with Crippen LogP contribution in [0.1, 0.15) is 55.5 Å². The summed E-state index contributed by atoms with van der Waals surface area (Å²) in [5.74, 6) is 1.92. The van der Waals surface area contributed by atoms with Gasteiger partial charge in [-0.15, -0.1) is 0 Å². The van der Waals surface area contributed by atoms with Gasteiger partial charge < -0.3 is 24.0 Å². The standard InChI is InChI=1S/C30H42N2O4/c1-6-7-15-31-16-13-25(14-17-31)22-32(21-23(2)18-24-11-9-8-10-12-24)30(33)26-19-27(34-3)29(36-5)28(20-26)35-4/h8-12,18-20,25H,6-7,13-17,21-22H2,1-5H3/b23-18+. The van der Waals surface area contributed by atoms with Crippen LogP contribution < -0.4 is 14.2 Å². The quantitative estimate of drug-likeness (QED) is 0.375. The predicted molar refractivity (Wildman–Crippen MR) is 146 cm³/mol. The van der Waals surface area contributed by atoms with E-state index in [4.69, 9.17) is 14.2 Å². The molecular formula is C30H42N2O4. The first-order valence-electron chi connectivity index (χ1n) is 13.0. The molecule has 0 N–H and O–H groups in total. The first-order chi connectivity index (χ1) is 17.5. The Bertz CT molecular complexity index is 972. The van der Waals surface area contributed by atoms with Crippen LogP contribution in [0.25, 0.3) is 6.08 Å². The van der Waals surface area contributed by atoms with E-state index in [1.165, 1.54) is 19.4 Å². The molecule has 6 heteroatoms. The number of piperidine rings is 1. The molecule has 196 valence electrons. The SMILES string of the molecule is CCCCN1CCC(CN(C/C(C)=C/c2ccccc2)C(=O)c2cc(OC)c(OC)c(OC)c2)CC1. The van der Waals surface area contributed by atoms with Crippen molar-refractivity contribution in [3.63, 3.8) is 0 Å². The molecule has 1 aliphatic heterocycles. The Kier molecular flexibility index (Phi) is 10.7. The normalized spacial score (nSPS) is 15.0. The van der Waals surface area contributed by atoms with Crippen molar-refractivity contribution in [1.29, 1.82) is 0 Å². The number of unbranched alkanes of at least 4 members (excludes halogenated alkanes) is 1. The number of carbonyl (C=O) groups excluding carboxylic acids is 1. The van der Waals surface area contributed by atoms with E-state index in [9.17, 15) is 4.79 Å². The average Bonchev–Trinajstić information content (AvgIpc) is 2.91. The van der Waals surface area contributed by atoms with Crippen LogP contribution in [0.4, 0.5) is 0 Å². The third-order valence-corrected chi connectivity index (χ3v) is 6.87. The van der Waals surface area contributed by atoms with Gasteiger partial charge in [-0.3, -0.25) is 4.79 Å². The Morgan fingerprint density at radius 2 is 1.67 bits per heavy atom. The minimum atomic E-state index is -0.0246. The summed E-state index contributed by atoms with van der Waals surface area (Å²) in [5, 5.41) is 0. The van der Waals surface area contributed by atoms with Gasteiger partial charge in [-0.1, -0.05) is 55.3 Å². The first kappa shape index (κ1) is 27.6. The number of amides is 1. The molecule has 3 rings (SSSR count). The van der Waals surface area contributed by atoms with Crippen LogP contribution in [0, 0.1) is 5.92 Å². The van der Waals surface area contributed by atoms with Crippen LogP contribution >= 0.6 is 0 Å². The number of carbonyl (C=O) groups is 1. The number of rotatable bonds is 12. The highest BCUT2D eigenvalue weighted by Gasteiger charge is 2.26. The molecule has 0 bridgehead atoms. The lowest BCUT2D eigenvalue weighted by Gasteiger charge is -2.35. The van der Waals surface area contributed by atoms with Crippen molar-refractivity contribution < 1.29 is 19.0 Å². The van der Waals surface area contributed by atoms with Gasteiger partial charge in [0, 0.05) is 18.7 Å². The van der Waals surface area contributed by atoms with Crippen LogP contribution in [0.2, 0.25) is 0 Å². The van der Waals surface area contributed by atoms with E-state index < -0.39 is 0 Å². The minimum Gasteiger partial charge on any atom is -0.493 e. The summed E-state index contributed by atoms with van der Waals surface area (Å²) in [4.78, 5) is 18.4. The number of hydrogen-bond donors (Lipinski definition) is 0. The zero-order valence-electron chi connectivity index (χ0n) is 22.6. The highest BCUT2D eigenvalue weighted by molar-refractivity contribution is 5.96. The van der Waals surface area contributed by atoms with Gasteiger partial charge in [0.25, 0.3) is 5.91 Å². The molecule has 1 aliphatic rings. The fraction of sp³-hybridized carbons (Fsp3) is 0.500. The first-order valence-corrected chi connectivity index (χ1v) is 13.0. The molecule has 0 unspecified atom stereocenters. The average molecular weight is 495 g/mol. The number of benzene rings is 2. The van der Waals surface area contributed by atoms with Crippen LogP contribution in [0.15, 0.2) is 48.0 Å². The predicted octanol–water partition coefficient (Wildman–Crippen LogP) is 5.77. The Morgan fingerprint density at radius 3 is 2.22 bits per heavy atom. The van der Waals surface area contributed by atoms with E-state index in [2.05, 4.69) is 37.0 Å². The largest absolute Gasteiger partial charge is 0.493 e. The lowest BCUT2D eigenvalue weighted by atomic mass is 9.95. The van der Waals surface area contributed by atoms with E-state index in [0.717, 1.165) is 43.6 Å². The van der Waals surface area contributed by atoms with Gasteiger partial charge in [0.1, 0.15) is 0 Å². The fourth-order valence-electron chi connectivity index (χ4n) is 4.87. The number of hydrogen-bond acceptors (Lipinski definition) is 5. The topological polar surface area (TPSA) is 51.2 Å². The second-order valence-electron chi connectivity index (χ2n) is 9.64. The van der Waals surface area contributed by atoms with Crippen molar-refractivity contribution in [3.05, 3.63) is 59.2 Å². The molecule has 0 aliphatic carbocycles. The van der Waals surface area contributed by atoms with Crippen LogP contribution in [0.5, 0.6) is 17.2 Å². The molecule has 0 spiro atoms. The molecule has 1 amide bonds. The van der Waals surface area contributed by atoms with Gasteiger partial charge in [-0.25, -0.2) is 0 Å². The van der Waals surface area contributed by atoms with E-state index >= 15 is 0 Å². The molecule has 0 atom stereocenters. The van der Waals surface area contributed by atoms with Gasteiger partial charge >= 0.3 is 0 Å². The van der Waals surface area contributed by atoms with Gasteiger partial charge in [-0.05, 0) is 69.4 Å². The smallest absolute Gasteiger partial charge is 0.254 e. The molecule has 1 heterocycles. The summed E-state index contributed by atoms with van der Waals surface area (Å²) in [7, 11) is 4.71. The van der Waals surface area contributed by atoms with Crippen molar-refractivity contribution in [2.75, 3.05) is 54.1 Å². The summed E-state index contributed by atoms with van der Waals surface area (Å²) in [6, 6.07) is 13.7. The van der Waals surface area contributed by atoms with Gasteiger partial charge in [-0.2, -0.15) is 0 Å². The monoisotopic (exact) mass is 494 g/mol. The number of nitrogens with zero attached hydrogens (tertiary/aromatic N) is 2. The number of ether oxygens (including phenoxy) is 3. The molecule has 2 aromatic carbocycles. The van der Waals surface area contributed by atoms with Crippen molar-refractivity contribution in [2.24, 2.45) is 5.92 Å². The molecule has 0 radical (unpaired) electrons. The van der Waals surface area contributed by atoms with Crippen LogP contribution in [0.3, 0.4) is 0 Å². The molecule has 1 saturated heterocycles. The summed E-state index contributed by atoms with van der Waals surface area (Å²) in [6.45, 7) is 9.03. The van der Waals surface area contributed by atoms with Gasteiger partial charge in [0.05, 0.1) is 21.3 Å². The minimum absolute atomic E-state index is 0.0246. The molecule has 0 aromatic heterocycles. The second kappa shape index (κ2) is 13.9. The van der Waals surface area contributed by atoms with Gasteiger partial charge in [0.2, 0.25) is 5.75 Å². The van der Waals surface area contributed by atoms with Crippen LogP contribution in [-0.2, 0) is 0 Å². The summed E-state index contributed by atoms with van der Waals surface area (Å²) in [5.41, 5.74) is 2.82. The number of likely N-dealkylation sites (tertiary alicyclic amines) is 1. The highest BCUT2D eigenvalue weighted by atomic mass is 16.5. The molecular weight excluding hydrogens is 452 g/mol. The Labute approximate surface area is 216 Å². The third kappa shape index (κ3) is 7.50. The molecule has 36 heavy (non-hydrogen) atoms. The van der Waals surface area contributed by atoms with Gasteiger partial charge in [0.15, 0.2) is 11.5 Å². The third-order valence-electron chi connectivity index (χ3n) is 6.87. The van der Waals surface area contributed by atoms with E-state index in [1.807, 2.05) is 23.1 Å². The summed E-state index contributed by atoms with van der Waals surface area (Å²) >= 11 is 0. The molecule has 0 saturated carbocycles. The Morgan fingerprint density at radius 1 is 1.03 bits per heavy atom. The maximum atomic E-state index is 13.9. The van der Waals surface area contributed by atoms with Crippen molar-refractivity contribution in [2.45, 2.75) is 39.5 Å².